The van der Waals surface area contributed by atoms with Crippen LogP contribution in [0.1, 0.15) is 36.2 Å². The number of hydrogen-bond acceptors (Lipinski definition) is 7. The summed E-state index contributed by atoms with van der Waals surface area (Å²) in [5, 5.41) is 10.7. The topological polar surface area (TPSA) is 116 Å². The van der Waals surface area contributed by atoms with Gasteiger partial charge in [-0.2, -0.15) is 5.10 Å². The first-order valence-corrected chi connectivity index (χ1v) is 12.6. The van der Waals surface area contributed by atoms with Crippen LogP contribution < -0.4 is 20.1 Å². The Kier molecular flexibility index (Phi) is 7.27. The van der Waals surface area contributed by atoms with Gasteiger partial charge in [-0.05, 0) is 37.6 Å². The number of methoxy groups -OCH3 is 1. The van der Waals surface area contributed by atoms with E-state index >= 15 is 0 Å². The highest BCUT2D eigenvalue weighted by atomic mass is 16.5. The summed E-state index contributed by atoms with van der Waals surface area (Å²) < 4.78 is 15.0. The maximum Gasteiger partial charge on any atom is 0.325 e. The summed E-state index contributed by atoms with van der Waals surface area (Å²) in [4.78, 5) is 31.7. The molecular weight excluding hydrogens is 486 g/mol. The third-order valence-electron chi connectivity index (χ3n) is 6.85. The Bertz CT molecular complexity index is 1450. The number of carbonyl (C=O) groups is 2. The molecule has 0 unspecified atom stereocenters. The summed E-state index contributed by atoms with van der Waals surface area (Å²) in [6, 6.07) is 8.74. The van der Waals surface area contributed by atoms with Gasteiger partial charge >= 0.3 is 6.03 Å². The quantitative estimate of drug-likeness (QED) is 0.379. The van der Waals surface area contributed by atoms with Crippen LogP contribution in [-0.2, 0) is 0 Å². The number of pyridine rings is 1. The van der Waals surface area contributed by atoms with Gasteiger partial charge < -0.3 is 25.0 Å². The molecule has 198 valence electrons. The lowest BCUT2D eigenvalue weighted by Gasteiger charge is -2.31. The number of hydrogen-bond donors (Lipinski definition) is 2. The third kappa shape index (κ3) is 5.18. The molecular formula is C27H31N7O4. The smallest absolute Gasteiger partial charge is 0.325 e. The van der Waals surface area contributed by atoms with Gasteiger partial charge in [-0.15, -0.1) is 0 Å². The number of fused-ring (bicyclic) bond motifs is 1. The molecule has 4 heterocycles. The number of anilines is 1. The molecule has 2 amide bonds. The number of rotatable bonds is 7. The van der Waals surface area contributed by atoms with Gasteiger partial charge in [0.2, 0.25) is 0 Å². The number of ether oxygens (including phenoxy) is 2. The molecule has 2 N–H and O–H groups in total. The minimum Gasteiger partial charge on any atom is -0.493 e. The van der Waals surface area contributed by atoms with Crippen molar-refractivity contribution in [2.45, 2.75) is 25.8 Å². The van der Waals surface area contributed by atoms with Gasteiger partial charge in [-0.3, -0.25) is 14.0 Å². The van der Waals surface area contributed by atoms with Crippen molar-refractivity contribution in [1.29, 1.82) is 0 Å². The molecule has 0 saturated carbocycles. The molecule has 3 aromatic heterocycles. The average molecular weight is 518 g/mol. The van der Waals surface area contributed by atoms with Crippen LogP contribution in [0.2, 0.25) is 0 Å². The van der Waals surface area contributed by atoms with E-state index in [-0.39, 0.29) is 11.9 Å². The average Bonchev–Trinajstić information content (AvgIpc) is 3.60. The summed E-state index contributed by atoms with van der Waals surface area (Å²) in [5.74, 6) is 1.45. The van der Waals surface area contributed by atoms with E-state index in [0.29, 0.717) is 40.2 Å². The zero-order valence-corrected chi connectivity index (χ0v) is 21.7. The van der Waals surface area contributed by atoms with E-state index in [1.54, 1.807) is 56.1 Å². The molecule has 11 heteroatoms. The number of piperidine rings is 1. The van der Waals surface area contributed by atoms with E-state index in [1.807, 2.05) is 10.7 Å². The first-order chi connectivity index (χ1) is 18.5. The fourth-order valence-electron chi connectivity index (χ4n) is 4.69. The number of carbonyl (C=O) groups excluding carboxylic acids is 2. The van der Waals surface area contributed by atoms with Crippen molar-refractivity contribution in [2.24, 2.45) is 0 Å². The van der Waals surface area contributed by atoms with Crippen molar-refractivity contribution in [3.8, 4) is 17.2 Å². The maximum atomic E-state index is 12.9. The second kappa shape index (κ2) is 10.9. The standard InChI is InChI=1S/C27H31N7O4/c1-4-32-10-7-20(8-11-32)34-17-19(16-30-34)26(35)31-25-14-21(5-9-29-25)38-24-13-18-6-12-33(27(36)28-2)22(18)15-23(24)37-3/h5-6,9,12-17,20H,4,7-8,10-11H2,1-3H3,(H,28,36)(H,29,31,35). The van der Waals surface area contributed by atoms with Crippen molar-refractivity contribution >= 4 is 28.7 Å². The third-order valence-corrected chi connectivity index (χ3v) is 6.85. The summed E-state index contributed by atoms with van der Waals surface area (Å²) in [6.07, 6.45) is 8.67. The summed E-state index contributed by atoms with van der Waals surface area (Å²) in [5.41, 5.74) is 1.16. The van der Waals surface area contributed by atoms with E-state index in [9.17, 15) is 9.59 Å². The molecule has 38 heavy (non-hydrogen) atoms. The summed E-state index contributed by atoms with van der Waals surface area (Å²) in [7, 11) is 3.11. The van der Waals surface area contributed by atoms with Crippen molar-refractivity contribution < 1.29 is 19.1 Å². The van der Waals surface area contributed by atoms with Gasteiger partial charge in [0.1, 0.15) is 11.6 Å². The fourth-order valence-corrected chi connectivity index (χ4v) is 4.69. The molecule has 0 atom stereocenters. The number of aromatic nitrogens is 4. The minimum atomic E-state index is -0.290. The van der Waals surface area contributed by atoms with Crippen molar-refractivity contribution in [3.63, 3.8) is 0 Å². The SMILES string of the molecule is CCN1CCC(n2cc(C(=O)Nc3cc(Oc4cc5ccn(C(=O)NC)c5cc4OC)ccn3)cn2)CC1. The van der Waals surface area contributed by atoms with Crippen LogP contribution in [0.15, 0.2) is 55.1 Å². The number of nitrogens with one attached hydrogen (secondary N) is 2. The minimum absolute atomic E-state index is 0.252. The molecule has 0 spiro atoms. The first-order valence-electron chi connectivity index (χ1n) is 12.6. The highest BCUT2D eigenvalue weighted by molar-refractivity contribution is 6.03. The normalized spacial score (nSPS) is 14.4. The first kappa shape index (κ1) is 25.3. The van der Waals surface area contributed by atoms with Gasteiger partial charge in [-0.25, -0.2) is 9.78 Å². The monoisotopic (exact) mass is 517 g/mol. The molecule has 4 aromatic rings. The Morgan fingerprint density at radius 3 is 2.68 bits per heavy atom. The molecule has 1 aliphatic heterocycles. The van der Waals surface area contributed by atoms with Gasteiger partial charge in [0, 0.05) is 56.2 Å². The second-order valence-electron chi connectivity index (χ2n) is 9.11. The van der Waals surface area contributed by atoms with E-state index in [1.165, 1.54) is 11.7 Å². The second-order valence-corrected chi connectivity index (χ2v) is 9.11. The predicted octanol–water partition coefficient (Wildman–Crippen LogP) is 4.13. The van der Waals surface area contributed by atoms with Crippen LogP contribution in [-0.4, -0.2) is 70.0 Å². The lowest BCUT2D eigenvalue weighted by Crippen LogP contribution is -2.34. The molecule has 0 aliphatic carbocycles. The maximum absolute atomic E-state index is 12.9. The molecule has 1 aromatic carbocycles. The van der Waals surface area contributed by atoms with Gasteiger partial charge in [0.05, 0.1) is 30.4 Å². The molecule has 1 aliphatic rings. The van der Waals surface area contributed by atoms with Crippen LogP contribution in [0.25, 0.3) is 10.9 Å². The van der Waals surface area contributed by atoms with Crippen LogP contribution in [0.4, 0.5) is 10.6 Å². The van der Waals surface area contributed by atoms with Crippen LogP contribution >= 0.6 is 0 Å². The Morgan fingerprint density at radius 2 is 1.95 bits per heavy atom. The molecule has 1 fully saturated rings. The lowest BCUT2D eigenvalue weighted by molar-refractivity contribution is 0.102. The zero-order valence-electron chi connectivity index (χ0n) is 21.7. The van der Waals surface area contributed by atoms with Crippen molar-refractivity contribution in [1.82, 2.24) is 29.5 Å². The Balaban J connectivity index is 1.29. The zero-order chi connectivity index (χ0) is 26.6. The Labute approximate surface area is 220 Å². The van der Waals surface area contributed by atoms with Gasteiger partial charge in [-0.1, -0.05) is 6.92 Å². The molecule has 0 bridgehead atoms. The molecule has 5 rings (SSSR count). The van der Waals surface area contributed by atoms with Crippen LogP contribution in [0.3, 0.4) is 0 Å². The highest BCUT2D eigenvalue weighted by Crippen LogP contribution is 2.36. The van der Waals surface area contributed by atoms with E-state index < -0.39 is 0 Å². The largest absolute Gasteiger partial charge is 0.493 e. The van der Waals surface area contributed by atoms with E-state index in [4.69, 9.17) is 9.47 Å². The number of likely N-dealkylation sites (tertiary alicyclic amines) is 1. The molecule has 0 radical (unpaired) electrons. The molecule has 11 nitrogen and oxygen atoms in total. The van der Waals surface area contributed by atoms with Crippen LogP contribution in [0.5, 0.6) is 17.2 Å². The summed E-state index contributed by atoms with van der Waals surface area (Å²) >= 11 is 0. The van der Waals surface area contributed by atoms with E-state index in [2.05, 4.69) is 32.5 Å². The van der Waals surface area contributed by atoms with Gasteiger partial charge in [0.25, 0.3) is 5.91 Å². The van der Waals surface area contributed by atoms with Crippen molar-refractivity contribution in [3.05, 3.63) is 60.7 Å². The van der Waals surface area contributed by atoms with E-state index in [0.717, 1.165) is 37.9 Å². The van der Waals surface area contributed by atoms with Crippen molar-refractivity contribution in [2.75, 3.05) is 39.1 Å². The summed E-state index contributed by atoms with van der Waals surface area (Å²) in [6.45, 7) is 5.31. The molecule has 1 saturated heterocycles. The number of nitrogens with zero attached hydrogens (tertiary/aromatic N) is 5. The number of amides is 2. The Hall–Kier alpha value is -4.38. The lowest BCUT2D eigenvalue weighted by atomic mass is 10.1. The van der Waals surface area contributed by atoms with Gasteiger partial charge in [0.15, 0.2) is 11.5 Å². The predicted molar refractivity (Wildman–Crippen MR) is 143 cm³/mol. The number of benzene rings is 1. The fraction of sp³-hybridized carbons (Fsp3) is 0.333. The highest BCUT2D eigenvalue weighted by Gasteiger charge is 2.21. The Morgan fingerprint density at radius 1 is 1.13 bits per heavy atom. The van der Waals surface area contributed by atoms with Crippen LogP contribution in [0, 0.1) is 0 Å².